The van der Waals surface area contributed by atoms with E-state index in [-0.39, 0.29) is 11.7 Å². The number of nitrogens with zero attached hydrogens (tertiary/aromatic N) is 1. The summed E-state index contributed by atoms with van der Waals surface area (Å²) in [5, 5.41) is 4.68. The SMILES string of the molecule is O=C(CSc1[nH]c2ccccc2[n+]1Cc1ccccc1)Nc1c(Cl)cc(Cl)cc1Cl. The zero-order valence-electron chi connectivity index (χ0n) is 15.7. The van der Waals surface area contributed by atoms with E-state index in [1.54, 1.807) is 12.1 Å². The summed E-state index contributed by atoms with van der Waals surface area (Å²) in [5.74, 6) is -0.0206. The maximum Gasteiger partial charge on any atom is 0.317 e. The van der Waals surface area contributed by atoms with Crippen LogP contribution < -0.4 is 9.88 Å². The van der Waals surface area contributed by atoms with E-state index < -0.39 is 0 Å². The van der Waals surface area contributed by atoms with Crippen molar-refractivity contribution in [1.82, 2.24) is 4.98 Å². The second kappa shape index (κ2) is 9.31. The van der Waals surface area contributed by atoms with Gasteiger partial charge in [-0.25, -0.2) is 9.55 Å². The number of para-hydroxylation sites is 2. The number of hydrogen-bond acceptors (Lipinski definition) is 2. The minimum absolute atomic E-state index is 0.191. The number of carbonyl (C=O) groups excluding carboxylic acids is 1. The zero-order chi connectivity index (χ0) is 21.1. The molecule has 2 N–H and O–H groups in total. The van der Waals surface area contributed by atoms with Gasteiger partial charge in [-0.15, -0.1) is 0 Å². The van der Waals surface area contributed by atoms with Crippen LogP contribution in [0.5, 0.6) is 0 Å². The van der Waals surface area contributed by atoms with Crippen LogP contribution in [0.3, 0.4) is 0 Å². The molecule has 1 heterocycles. The Morgan fingerprint density at radius 2 is 1.63 bits per heavy atom. The number of aromatic nitrogens is 2. The maximum absolute atomic E-state index is 12.6. The number of aromatic amines is 1. The molecule has 0 bridgehead atoms. The van der Waals surface area contributed by atoms with Gasteiger partial charge in [0, 0.05) is 5.02 Å². The quantitative estimate of drug-likeness (QED) is 0.257. The van der Waals surface area contributed by atoms with E-state index in [1.165, 1.54) is 17.3 Å². The van der Waals surface area contributed by atoms with E-state index in [4.69, 9.17) is 34.8 Å². The minimum Gasteiger partial charge on any atom is -0.323 e. The van der Waals surface area contributed by atoms with Crippen LogP contribution in [0.25, 0.3) is 11.0 Å². The molecule has 0 saturated heterocycles. The molecule has 8 heteroatoms. The summed E-state index contributed by atoms with van der Waals surface area (Å²) in [6.07, 6.45) is 0. The van der Waals surface area contributed by atoms with Crippen molar-refractivity contribution in [3.63, 3.8) is 0 Å². The van der Waals surface area contributed by atoms with Crippen molar-refractivity contribution in [3.05, 3.63) is 87.4 Å². The van der Waals surface area contributed by atoms with Crippen molar-refractivity contribution in [2.45, 2.75) is 11.7 Å². The Hall–Kier alpha value is -2.18. The normalized spacial score (nSPS) is 11.0. The van der Waals surface area contributed by atoms with Crippen molar-refractivity contribution in [1.29, 1.82) is 0 Å². The molecule has 4 aromatic rings. The number of H-pyrrole nitrogens is 1. The molecule has 0 atom stereocenters. The molecule has 0 fully saturated rings. The lowest BCUT2D eigenvalue weighted by molar-refractivity contribution is -0.700. The Morgan fingerprint density at radius 1 is 0.967 bits per heavy atom. The summed E-state index contributed by atoms with van der Waals surface area (Å²) in [6.45, 7) is 0.698. The van der Waals surface area contributed by atoms with E-state index >= 15 is 0 Å². The molecule has 0 saturated carbocycles. The molecule has 0 spiro atoms. The summed E-state index contributed by atoms with van der Waals surface area (Å²) in [6, 6.07) is 21.4. The second-order valence-electron chi connectivity index (χ2n) is 6.60. The Labute approximate surface area is 193 Å². The number of amides is 1. The van der Waals surface area contributed by atoms with Gasteiger partial charge in [0.05, 0.1) is 21.5 Å². The van der Waals surface area contributed by atoms with E-state index in [0.717, 1.165) is 16.2 Å². The molecule has 0 radical (unpaired) electrons. The highest BCUT2D eigenvalue weighted by atomic mass is 35.5. The number of anilines is 1. The predicted octanol–water partition coefficient (Wildman–Crippen LogP) is 6.19. The van der Waals surface area contributed by atoms with E-state index in [0.29, 0.717) is 27.3 Å². The monoisotopic (exact) mass is 476 g/mol. The van der Waals surface area contributed by atoms with Gasteiger partial charge in [0.15, 0.2) is 11.0 Å². The standard InChI is InChI=1S/C22H16Cl3N3OS/c23-15-10-16(24)21(17(25)11-15)27-20(29)13-30-22-26-18-8-4-5-9-19(18)28(22)12-14-6-2-1-3-7-14/h1-11H,12-13H2,(H,27,29)/p+1. The molecule has 30 heavy (non-hydrogen) atoms. The summed E-state index contributed by atoms with van der Waals surface area (Å²) in [5.41, 5.74) is 3.63. The first-order valence-corrected chi connectivity index (χ1v) is 11.2. The summed E-state index contributed by atoms with van der Waals surface area (Å²) in [4.78, 5) is 16.0. The summed E-state index contributed by atoms with van der Waals surface area (Å²) < 4.78 is 2.17. The predicted molar refractivity (Wildman–Crippen MR) is 125 cm³/mol. The maximum atomic E-state index is 12.6. The van der Waals surface area contributed by atoms with Crippen LogP contribution in [-0.2, 0) is 11.3 Å². The van der Waals surface area contributed by atoms with Crippen molar-refractivity contribution < 1.29 is 9.36 Å². The van der Waals surface area contributed by atoms with Crippen molar-refractivity contribution in [2.24, 2.45) is 0 Å². The van der Waals surface area contributed by atoms with Gasteiger partial charge in [-0.1, -0.05) is 77.3 Å². The fraction of sp³-hybridized carbons (Fsp3) is 0.0909. The third-order valence-corrected chi connectivity index (χ3v) is 6.29. The van der Waals surface area contributed by atoms with Crippen molar-refractivity contribution >= 4 is 69.2 Å². The first-order chi connectivity index (χ1) is 14.5. The minimum atomic E-state index is -0.212. The molecule has 0 unspecified atom stereocenters. The van der Waals surface area contributed by atoms with Crippen LogP contribution in [0.4, 0.5) is 5.69 Å². The topological polar surface area (TPSA) is 48.8 Å². The highest BCUT2D eigenvalue weighted by Crippen LogP contribution is 2.33. The van der Waals surface area contributed by atoms with Gasteiger partial charge < -0.3 is 5.32 Å². The first kappa shape index (κ1) is 21.1. The van der Waals surface area contributed by atoms with Crippen LogP contribution in [-0.4, -0.2) is 16.6 Å². The second-order valence-corrected chi connectivity index (χ2v) is 8.82. The highest BCUT2D eigenvalue weighted by Gasteiger charge is 2.21. The lowest BCUT2D eigenvalue weighted by atomic mass is 10.2. The molecular formula is C22H17Cl3N3OS+. The molecule has 3 aromatic carbocycles. The molecule has 1 amide bonds. The van der Waals surface area contributed by atoms with Crippen LogP contribution in [0, 0.1) is 0 Å². The van der Waals surface area contributed by atoms with Crippen molar-refractivity contribution in [2.75, 3.05) is 11.1 Å². The number of benzene rings is 3. The number of hydrogen-bond donors (Lipinski definition) is 2. The Balaban J connectivity index is 1.54. The van der Waals surface area contributed by atoms with Gasteiger partial charge in [-0.3, -0.25) is 4.79 Å². The fourth-order valence-corrected chi connectivity index (χ4v) is 4.87. The van der Waals surface area contributed by atoms with Gasteiger partial charge >= 0.3 is 5.16 Å². The van der Waals surface area contributed by atoms with E-state index in [2.05, 4.69) is 33.1 Å². The average Bonchev–Trinajstić information content (AvgIpc) is 3.07. The summed E-state index contributed by atoms with van der Waals surface area (Å²) in [7, 11) is 0. The number of nitrogens with one attached hydrogen (secondary N) is 2. The molecule has 4 rings (SSSR count). The van der Waals surface area contributed by atoms with E-state index in [9.17, 15) is 4.79 Å². The Morgan fingerprint density at radius 3 is 2.37 bits per heavy atom. The van der Waals surface area contributed by atoms with Gasteiger partial charge in [0.2, 0.25) is 5.91 Å². The average molecular weight is 478 g/mol. The molecule has 0 aliphatic rings. The number of thioether (sulfide) groups is 1. The lowest BCUT2D eigenvalue weighted by Crippen LogP contribution is -2.35. The van der Waals surface area contributed by atoms with E-state index in [1.807, 2.05) is 36.4 Å². The highest BCUT2D eigenvalue weighted by molar-refractivity contribution is 7.99. The Kier molecular flexibility index (Phi) is 6.54. The molecular weight excluding hydrogens is 461 g/mol. The molecule has 4 nitrogen and oxygen atoms in total. The molecule has 0 aliphatic heterocycles. The number of rotatable bonds is 6. The van der Waals surface area contributed by atoms with Crippen molar-refractivity contribution in [3.8, 4) is 0 Å². The lowest BCUT2D eigenvalue weighted by Gasteiger charge is -2.09. The molecule has 152 valence electrons. The third-order valence-electron chi connectivity index (χ3n) is 4.48. The van der Waals surface area contributed by atoms with Gasteiger partial charge in [0.25, 0.3) is 0 Å². The third kappa shape index (κ3) is 4.76. The van der Waals surface area contributed by atoms with Crippen LogP contribution in [0.15, 0.2) is 71.9 Å². The summed E-state index contributed by atoms with van der Waals surface area (Å²) >= 11 is 19.7. The number of halogens is 3. The number of carbonyl (C=O) groups is 1. The van der Waals surface area contributed by atoms with Gasteiger partial charge in [-0.2, -0.15) is 0 Å². The van der Waals surface area contributed by atoms with Crippen LogP contribution >= 0.6 is 46.6 Å². The van der Waals surface area contributed by atoms with Gasteiger partial charge in [0.1, 0.15) is 6.54 Å². The van der Waals surface area contributed by atoms with Crippen LogP contribution in [0.1, 0.15) is 5.56 Å². The largest absolute Gasteiger partial charge is 0.323 e. The molecule has 0 aliphatic carbocycles. The Bertz CT molecular complexity index is 1190. The zero-order valence-corrected chi connectivity index (χ0v) is 18.7. The molecule has 1 aromatic heterocycles. The fourth-order valence-electron chi connectivity index (χ4n) is 3.11. The van der Waals surface area contributed by atoms with Crippen LogP contribution in [0.2, 0.25) is 15.1 Å². The number of fused-ring (bicyclic) bond motifs is 1. The smallest absolute Gasteiger partial charge is 0.317 e. The first-order valence-electron chi connectivity index (χ1n) is 9.13. The number of imidazole rings is 1. The van der Waals surface area contributed by atoms with Gasteiger partial charge in [-0.05, 0) is 41.6 Å².